The van der Waals surface area contributed by atoms with Crippen molar-refractivity contribution in [2.45, 2.75) is 119 Å². The SMILES string of the molecule is CC.CC.CC.O=C1CCC(=O)c2ccccc21.O=C1CCCC1.c1ccc2c(c1)CCC2.c1ccc2c(c1)CCC2. The zero-order valence-electron chi connectivity index (χ0n) is 27.1. The highest BCUT2D eigenvalue weighted by atomic mass is 16.1. The molecule has 42 heavy (non-hydrogen) atoms. The quantitative estimate of drug-likeness (QED) is 0.270. The Labute approximate surface area is 256 Å². The number of carbonyl (C=O) groups excluding carboxylic acids is 3. The summed E-state index contributed by atoms with van der Waals surface area (Å²) < 4.78 is 0. The van der Waals surface area contributed by atoms with Gasteiger partial charge in [0.15, 0.2) is 11.6 Å². The number of hydrogen-bond acceptors (Lipinski definition) is 3. The first kappa shape index (κ1) is 36.7. The van der Waals surface area contributed by atoms with Gasteiger partial charge in [-0.15, -0.1) is 0 Å². The van der Waals surface area contributed by atoms with Gasteiger partial charge in [0.25, 0.3) is 0 Å². The van der Waals surface area contributed by atoms with Gasteiger partial charge in [0.1, 0.15) is 5.78 Å². The molecule has 0 bridgehead atoms. The fourth-order valence-electron chi connectivity index (χ4n) is 5.26. The van der Waals surface area contributed by atoms with Gasteiger partial charge >= 0.3 is 0 Å². The predicted octanol–water partition coefficient (Wildman–Crippen LogP) is 10.4. The minimum absolute atomic E-state index is 0.0881. The summed E-state index contributed by atoms with van der Waals surface area (Å²) in [5.41, 5.74) is 7.45. The summed E-state index contributed by atoms with van der Waals surface area (Å²) in [6.45, 7) is 12.0. The van der Waals surface area contributed by atoms with E-state index in [1.807, 2.05) is 41.5 Å². The zero-order chi connectivity index (χ0) is 31.2. The van der Waals surface area contributed by atoms with Gasteiger partial charge in [0.05, 0.1) is 0 Å². The third kappa shape index (κ3) is 12.3. The molecule has 0 spiro atoms. The van der Waals surface area contributed by atoms with Crippen molar-refractivity contribution < 1.29 is 14.4 Å². The molecule has 3 heteroatoms. The molecule has 0 saturated heterocycles. The van der Waals surface area contributed by atoms with Crippen LogP contribution in [0.3, 0.4) is 0 Å². The number of Topliss-reactive ketones (excluding diaryl/α,β-unsaturated/α-hetero) is 3. The number of hydrogen-bond donors (Lipinski definition) is 0. The van der Waals surface area contributed by atoms with E-state index in [2.05, 4.69) is 48.5 Å². The average Bonchev–Trinajstić information content (AvgIpc) is 3.86. The Morgan fingerprint density at radius 3 is 0.905 bits per heavy atom. The van der Waals surface area contributed by atoms with Crippen molar-refractivity contribution >= 4 is 17.3 Å². The minimum Gasteiger partial charge on any atom is -0.300 e. The average molecular weight is 571 g/mol. The van der Waals surface area contributed by atoms with E-state index in [9.17, 15) is 14.4 Å². The van der Waals surface area contributed by atoms with Gasteiger partial charge in [-0.3, -0.25) is 14.4 Å². The van der Waals surface area contributed by atoms with E-state index >= 15 is 0 Å². The molecule has 0 amide bonds. The summed E-state index contributed by atoms with van der Waals surface area (Å²) in [4.78, 5) is 32.8. The second kappa shape index (κ2) is 22.3. The van der Waals surface area contributed by atoms with E-state index in [1.54, 1.807) is 46.5 Å². The molecule has 1 fully saturated rings. The van der Waals surface area contributed by atoms with Crippen LogP contribution in [-0.4, -0.2) is 17.3 Å². The Bertz CT molecular complexity index is 1070. The molecule has 228 valence electrons. The van der Waals surface area contributed by atoms with Gasteiger partial charge < -0.3 is 0 Å². The van der Waals surface area contributed by atoms with Crippen LogP contribution in [0.1, 0.15) is 136 Å². The number of rotatable bonds is 0. The molecule has 3 aromatic rings. The van der Waals surface area contributed by atoms with E-state index < -0.39 is 0 Å². The van der Waals surface area contributed by atoms with E-state index in [1.165, 1.54) is 38.5 Å². The lowest BCUT2D eigenvalue weighted by atomic mass is 9.90. The van der Waals surface area contributed by atoms with E-state index in [0.29, 0.717) is 29.8 Å². The van der Waals surface area contributed by atoms with E-state index in [4.69, 9.17) is 0 Å². The van der Waals surface area contributed by atoms with Crippen molar-refractivity contribution in [1.29, 1.82) is 0 Å². The zero-order valence-corrected chi connectivity index (χ0v) is 27.1. The van der Waals surface area contributed by atoms with Gasteiger partial charge in [-0.1, -0.05) is 114 Å². The predicted molar refractivity (Wildman–Crippen MR) is 179 cm³/mol. The van der Waals surface area contributed by atoms with Crippen LogP contribution in [0.25, 0.3) is 0 Å². The maximum Gasteiger partial charge on any atom is 0.164 e. The Morgan fingerprint density at radius 2 is 0.643 bits per heavy atom. The molecule has 0 aliphatic heterocycles. The van der Waals surface area contributed by atoms with Crippen molar-refractivity contribution in [2.75, 3.05) is 0 Å². The summed E-state index contributed by atoms with van der Waals surface area (Å²) in [6, 6.07) is 24.5. The van der Waals surface area contributed by atoms with Crippen LogP contribution in [0.15, 0.2) is 72.8 Å². The first-order valence-corrected chi connectivity index (χ1v) is 16.4. The molecule has 0 radical (unpaired) electrons. The molecule has 0 N–H and O–H groups in total. The first-order valence-electron chi connectivity index (χ1n) is 16.4. The summed E-state index contributed by atoms with van der Waals surface area (Å²) in [7, 11) is 0. The highest BCUT2D eigenvalue weighted by molar-refractivity contribution is 6.13. The smallest absolute Gasteiger partial charge is 0.164 e. The highest BCUT2D eigenvalue weighted by Gasteiger charge is 2.22. The van der Waals surface area contributed by atoms with Crippen LogP contribution in [0.2, 0.25) is 0 Å². The van der Waals surface area contributed by atoms with Gasteiger partial charge in [0, 0.05) is 36.8 Å². The molecule has 0 heterocycles. The van der Waals surface area contributed by atoms with Gasteiger partial charge in [-0.2, -0.15) is 0 Å². The van der Waals surface area contributed by atoms with Gasteiger partial charge in [-0.05, 0) is 73.6 Å². The lowest BCUT2D eigenvalue weighted by Gasteiger charge is -2.11. The van der Waals surface area contributed by atoms with Crippen LogP contribution < -0.4 is 0 Å². The maximum atomic E-state index is 11.3. The van der Waals surface area contributed by atoms with Gasteiger partial charge in [0.2, 0.25) is 0 Å². The second-order valence-corrected chi connectivity index (χ2v) is 9.88. The molecule has 4 aliphatic carbocycles. The van der Waals surface area contributed by atoms with Crippen LogP contribution >= 0.6 is 0 Å². The maximum absolute atomic E-state index is 11.3. The van der Waals surface area contributed by atoms with Crippen LogP contribution in [0, 0.1) is 0 Å². The molecule has 3 nitrogen and oxygen atoms in total. The highest BCUT2D eigenvalue weighted by Crippen LogP contribution is 2.22. The minimum atomic E-state index is 0.0881. The van der Waals surface area contributed by atoms with E-state index in [0.717, 1.165) is 25.7 Å². The molecule has 7 rings (SSSR count). The van der Waals surface area contributed by atoms with Crippen LogP contribution in [-0.2, 0) is 30.5 Å². The Morgan fingerprint density at radius 1 is 0.357 bits per heavy atom. The first-order chi connectivity index (χ1) is 20.6. The molecule has 0 unspecified atom stereocenters. The summed E-state index contributed by atoms with van der Waals surface area (Å²) >= 11 is 0. The second-order valence-electron chi connectivity index (χ2n) is 9.88. The van der Waals surface area contributed by atoms with Gasteiger partial charge in [-0.25, -0.2) is 0 Å². The lowest BCUT2D eigenvalue weighted by molar-refractivity contribution is -0.117. The fourth-order valence-corrected chi connectivity index (χ4v) is 5.26. The molecule has 3 aromatic carbocycles. The monoisotopic (exact) mass is 570 g/mol. The number of fused-ring (bicyclic) bond motifs is 3. The Kier molecular flexibility index (Phi) is 19.5. The summed E-state index contributed by atoms with van der Waals surface area (Å²) in [5, 5.41) is 0. The third-order valence-electron chi connectivity index (χ3n) is 7.29. The van der Waals surface area contributed by atoms with Crippen molar-refractivity contribution in [3.63, 3.8) is 0 Å². The largest absolute Gasteiger partial charge is 0.300 e. The van der Waals surface area contributed by atoms with E-state index in [-0.39, 0.29) is 11.6 Å². The summed E-state index contributed by atoms with van der Waals surface area (Å²) in [5.74, 6) is 0.630. The molecule has 0 atom stereocenters. The lowest BCUT2D eigenvalue weighted by Crippen LogP contribution is -2.16. The number of ketones is 3. The number of carbonyl (C=O) groups is 3. The normalized spacial score (nSPS) is 14.9. The Balaban J connectivity index is 0.000000269. The summed E-state index contributed by atoms with van der Waals surface area (Å²) in [6.07, 6.45) is 12.6. The van der Waals surface area contributed by atoms with Crippen molar-refractivity contribution in [1.82, 2.24) is 0 Å². The molecule has 1 saturated carbocycles. The van der Waals surface area contributed by atoms with Crippen molar-refractivity contribution in [3.8, 4) is 0 Å². The topological polar surface area (TPSA) is 51.2 Å². The molecule has 0 aromatic heterocycles. The Hall–Kier alpha value is -3.33. The molecule has 4 aliphatic rings. The third-order valence-corrected chi connectivity index (χ3v) is 7.29. The number of benzene rings is 3. The molecular formula is C39H54O3. The fraction of sp³-hybridized carbons (Fsp3) is 0.462. The standard InChI is InChI=1S/C10H8O2.2C9H10.C5H8O.3C2H6/c11-9-5-6-10(12)8-4-2-1-3-7(8)9;2*1-2-5-9-7-3-6-8(9)4-1;6-5-3-1-2-4-5;3*1-2/h1-4H,5-6H2;2*1-2,4-5H,3,6-7H2;1-4H2;3*1-2H3. The van der Waals surface area contributed by atoms with Crippen molar-refractivity contribution in [3.05, 3.63) is 106 Å². The number of aryl methyl sites for hydroxylation is 4. The molecular weight excluding hydrogens is 516 g/mol. The van der Waals surface area contributed by atoms with Crippen molar-refractivity contribution in [2.24, 2.45) is 0 Å². The van der Waals surface area contributed by atoms with Crippen LogP contribution in [0.4, 0.5) is 0 Å². The van der Waals surface area contributed by atoms with Crippen LogP contribution in [0.5, 0.6) is 0 Å².